The third-order valence-electron chi connectivity index (χ3n) is 6.27. The van der Waals surface area contributed by atoms with E-state index >= 15 is 0 Å². The van der Waals surface area contributed by atoms with Gasteiger partial charge in [0.15, 0.2) is 6.10 Å². The number of nitrogens with zero attached hydrogens (tertiary/aromatic N) is 2. The molecular formula is C19H22N2O4S. The zero-order chi connectivity index (χ0) is 17.9. The fourth-order valence-corrected chi connectivity index (χ4v) is 6.33. The maximum Gasteiger partial charge on any atom is 0.312 e. The van der Waals surface area contributed by atoms with E-state index in [-0.39, 0.29) is 5.97 Å². The van der Waals surface area contributed by atoms with Crippen LogP contribution in [0.5, 0.6) is 0 Å². The van der Waals surface area contributed by atoms with E-state index in [0.717, 1.165) is 37.0 Å². The van der Waals surface area contributed by atoms with Crippen molar-refractivity contribution in [2.75, 3.05) is 0 Å². The van der Waals surface area contributed by atoms with Crippen molar-refractivity contribution in [1.82, 2.24) is 10.2 Å². The smallest absolute Gasteiger partial charge is 0.312 e. The van der Waals surface area contributed by atoms with Gasteiger partial charge in [0.1, 0.15) is 0 Å². The van der Waals surface area contributed by atoms with Crippen LogP contribution in [0.4, 0.5) is 0 Å². The second kappa shape index (κ2) is 5.63. The van der Waals surface area contributed by atoms with Gasteiger partial charge in [-0.1, -0.05) is 6.07 Å². The Hall–Kier alpha value is -1.73. The Labute approximate surface area is 155 Å². The van der Waals surface area contributed by atoms with Gasteiger partial charge in [-0.05, 0) is 68.7 Å². The fraction of sp³-hybridized carbons (Fsp3) is 0.632. The summed E-state index contributed by atoms with van der Waals surface area (Å²) in [5, 5.41) is 20.9. The van der Waals surface area contributed by atoms with Crippen molar-refractivity contribution in [3.8, 4) is 10.8 Å². The highest BCUT2D eigenvalue weighted by Gasteiger charge is 2.61. The van der Waals surface area contributed by atoms with Crippen LogP contribution in [0, 0.1) is 17.3 Å². The Morgan fingerprint density at radius 1 is 1.35 bits per heavy atom. The summed E-state index contributed by atoms with van der Waals surface area (Å²) < 4.78 is 11.4. The van der Waals surface area contributed by atoms with Crippen LogP contribution in [-0.4, -0.2) is 26.9 Å². The molecule has 2 aromatic heterocycles. The molecule has 4 fully saturated rings. The van der Waals surface area contributed by atoms with Crippen LogP contribution in [0.25, 0.3) is 10.8 Å². The normalized spacial score (nSPS) is 36.2. The van der Waals surface area contributed by atoms with E-state index in [1.165, 1.54) is 11.3 Å². The van der Waals surface area contributed by atoms with Crippen molar-refractivity contribution in [2.45, 2.75) is 57.2 Å². The lowest BCUT2D eigenvalue weighted by molar-refractivity contribution is -0.200. The number of ether oxygens (including phenoxy) is 1. The van der Waals surface area contributed by atoms with E-state index in [4.69, 9.17) is 9.15 Å². The third kappa shape index (κ3) is 2.60. The van der Waals surface area contributed by atoms with Crippen LogP contribution in [0.15, 0.2) is 21.9 Å². The molecule has 4 aliphatic rings. The van der Waals surface area contributed by atoms with Crippen molar-refractivity contribution >= 4 is 17.3 Å². The van der Waals surface area contributed by atoms with Crippen LogP contribution >= 0.6 is 11.3 Å². The summed E-state index contributed by atoms with van der Waals surface area (Å²) in [6.45, 7) is 1.76. The number of hydrogen-bond donors (Lipinski definition) is 1. The molecule has 6 nitrogen and oxygen atoms in total. The number of hydrogen-bond acceptors (Lipinski definition) is 7. The van der Waals surface area contributed by atoms with Crippen molar-refractivity contribution in [3.05, 3.63) is 23.4 Å². The molecule has 2 unspecified atom stereocenters. The molecule has 26 heavy (non-hydrogen) atoms. The number of carbonyl (C=O) groups is 1. The SMILES string of the molecule is C[C@H](OC(=O)C12C[C@@H]3C[C@@H](CC(O)(C3)C1)C2)c1nnc(-c2cccs2)o1. The van der Waals surface area contributed by atoms with Crippen LogP contribution in [0.2, 0.25) is 0 Å². The van der Waals surface area contributed by atoms with E-state index in [0.29, 0.717) is 30.0 Å². The number of aromatic nitrogens is 2. The molecule has 4 saturated carbocycles. The summed E-state index contributed by atoms with van der Waals surface area (Å²) in [6, 6.07) is 3.83. The van der Waals surface area contributed by atoms with Crippen LogP contribution in [-0.2, 0) is 9.53 Å². The van der Waals surface area contributed by atoms with Gasteiger partial charge in [0.25, 0.3) is 11.8 Å². The third-order valence-corrected chi connectivity index (χ3v) is 7.13. The first-order valence-electron chi connectivity index (χ1n) is 9.26. The number of thiophene rings is 1. The Morgan fingerprint density at radius 2 is 2.12 bits per heavy atom. The molecule has 2 heterocycles. The molecule has 0 radical (unpaired) electrons. The predicted octanol–water partition coefficient (Wildman–Crippen LogP) is 3.73. The highest BCUT2D eigenvalue weighted by atomic mass is 32.1. The number of carbonyl (C=O) groups excluding carboxylic acids is 1. The maximum atomic E-state index is 13.0. The summed E-state index contributed by atoms with van der Waals surface area (Å²) in [6.07, 6.45) is 4.42. The van der Waals surface area contributed by atoms with Crippen molar-refractivity contribution in [3.63, 3.8) is 0 Å². The predicted molar refractivity (Wildman–Crippen MR) is 94.2 cm³/mol. The summed E-state index contributed by atoms with van der Waals surface area (Å²) >= 11 is 1.52. The molecule has 1 N–H and O–H groups in total. The Bertz CT molecular complexity index is 816. The number of rotatable bonds is 4. The van der Waals surface area contributed by atoms with E-state index in [1.807, 2.05) is 17.5 Å². The van der Waals surface area contributed by atoms with Gasteiger partial charge in [0.05, 0.1) is 15.9 Å². The van der Waals surface area contributed by atoms with Crippen LogP contribution in [0.3, 0.4) is 0 Å². The van der Waals surface area contributed by atoms with E-state index in [1.54, 1.807) is 6.92 Å². The van der Waals surface area contributed by atoms with Crippen molar-refractivity contribution < 1.29 is 19.1 Å². The van der Waals surface area contributed by atoms with Gasteiger partial charge in [-0.25, -0.2) is 0 Å². The van der Waals surface area contributed by atoms with Gasteiger partial charge in [-0.2, -0.15) is 0 Å². The van der Waals surface area contributed by atoms with Gasteiger partial charge < -0.3 is 14.3 Å². The minimum atomic E-state index is -0.677. The molecule has 138 valence electrons. The lowest BCUT2D eigenvalue weighted by Gasteiger charge is -2.58. The van der Waals surface area contributed by atoms with Gasteiger partial charge >= 0.3 is 5.97 Å². The molecule has 4 aliphatic carbocycles. The van der Waals surface area contributed by atoms with Crippen molar-refractivity contribution in [1.29, 1.82) is 0 Å². The Morgan fingerprint density at radius 3 is 2.77 bits per heavy atom. The molecule has 0 amide bonds. The molecule has 6 rings (SSSR count). The maximum absolute atomic E-state index is 13.0. The van der Waals surface area contributed by atoms with Gasteiger partial charge in [0.2, 0.25) is 0 Å². The van der Waals surface area contributed by atoms with Gasteiger partial charge in [-0.3, -0.25) is 4.79 Å². The molecule has 7 heteroatoms. The average Bonchev–Trinajstić information content (AvgIpc) is 3.24. The van der Waals surface area contributed by atoms with Crippen LogP contribution in [0.1, 0.15) is 57.4 Å². The van der Waals surface area contributed by atoms with Crippen molar-refractivity contribution in [2.24, 2.45) is 17.3 Å². The number of aliphatic hydroxyl groups is 1. The quantitative estimate of drug-likeness (QED) is 0.821. The Balaban J connectivity index is 1.33. The highest BCUT2D eigenvalue weighted by molar-refractivity contribution is 7.13. The molecule has 4 bridgehead atoms. The molecule has 0 aliphatic heterocycles. The second-order valence-corrected chi connectivity index (χ2v) is 9.38. The highest BCUT2D eigenvalue weighted by Crippen LogP contribution is 2.62. The first kappa shape index (κ1) is 16.4. The average molecular weight is 374 g/mol. The summed E-state index contributed by atoms with van der Waals surface area (Å²) in [5.74, 6) is 1.43. The summed E-state index contributed by atoms with van der Waals surface area (Å²) in [7, 11) is 0. The van der Waals surface area contributed by atoms with E-state index in [9.17, 15) is 9.90 Å². The zero-order valence-electron chi connectivity index (χ0n) is 14.7. The summed E-state index contributed by atoms with van der Waals surface area (Å²) in [5.41, 5.74) is -1.22. The monoisotopic (exact) mass is 374 g/mol. The molecule has 0 spiro atoms. The zero-order valence-corrected chi connectivity index (χ0v) is 15.5. The topological polar surface area (TPSA) is 85.5 Å². The first-order valence-corrected chi connectivity index (χ1v) is 10.1. The standard InChI is InChI=1S/C19H22N2O4S/c1-11(15-20-21-16(25-15)14-3-2-4-26-14)24-17(22)18-6-12-5-13(7-18)9-19(23,8-12)10-18/h2-4,11-13,23H,5-10H2,1H3/t11-,12-,13+,18?,19?/m0/s1. The largest absolute Gasteiger partial charge is 0.452 e. The van der Waals surface area contributed by atoms with Gasteiger partial charge in [-0.15, -0.1) is 21.5 Å². The Kier molecular flexibility index (Phi) is 3.56. The molecule has 0 aromatic carbocycles. The molecular weight excluding hydrogens is 352 g/mol. The lowest BCUT2D eigenvalue weighted by Crippen LogP contribution is -2.58. The number of esters is 1. The summed E-state index contributed by atoms with van der Waals surface area (Å²) in [4.78, 5) is 13.9. The fourth-order valence-electron chi connectivity index (χ4n) is 5.69. The van der Waals surface area contributed by atoms with E-state index < -0.39 is 17.1 Å². The molecule has 5 atom stereocenters. The second-order valence-electron chi connectivity index (χ2n) is 8.44. The van der Waals surface area contributed by atoms with Crippen LogP contribution < -0.4 is 0 Å². The minimum Gasteiger partial charge on any atom is -0.452 e. The molecule has 2 aromatic rings. The van der Waals surface area contributed by atoms with Gasteiger partial charge in [0, 0.05) is 0 Å². The first-order chi connectivity index (χ1) is 12.4. The van der Waals surface area contributed by atoms with E-state index in [2.05, 4.69) is 10.2 Å². The minimum absolute atomic E-state index is 0.214. The molecule has 0 saturated heterocycles. The lowest BCUT2D eigenvalue weighted by atomic mass is 9.48.